The molecule has 19 heteroatoms. The zero-order valence-electron chi connectivity index (χ0n) is 31.0. The molecule has 2 fully saturated rings. The van der Waals surface area contributed by atoms with E-state index in [2.05, 4.69) is 37.2 Å². The number of hydrogen-bond donors (Lipinski definition) is 2. The Bertz CT molecular complexity index is 2640. The molecule has 14 nitrogen and oxygen atoms in total. The number of nitrogens with one attached hydrogen (secondary N) is 1. The third-order valence-corrected chi connectivity index (χ3v) is 10.8. The number of ether oxygens (including phenoxy) is 2. The molecule has 0 radical (unpaired) electrons. The van der Waals surface area contributed by atoms with E-state index < -0.39 is 65.8 Å². The lowest BCUT2D eigenvalue weighted by molar-refractivity contribution is -0.143. The molecular weight excluding hydrogens is 788 g/mol. The number of aromatic nitrogens is 6. The van der Waals surface area contributed by atoms with Crippen LogP contribution in [0.15, 0.2) is 53.6 Å². The first-order valence-corrected chi connectivity index (χ1v) is 18.4. The molecule has 3 aliphatic heterocycles. The smallest absolute Gasteiger partial charge is 0.416 e. The van der Waals surface area contributed by atoms with Crippen LogP contribution in [-0.4, -0.2) is 83.4 Å². The molecule has 58 heavy (non-hydrogen) atoms. The normalized spacial score (nSPS) is 21.0. The zero-order valence-corrected chi connectivity index (χ0v) is 31.8. The quantitative estimate of drug-likeness (QED) is 0.177. The van der Waals surface area contributed by atoms with Gasteiger partial charge >= 0.3 is 6.18 Å². The summed E-state index contributed by atoms with van der Waals surface area (Å²) in [5, 5.41) is 17.1. The standard InChI is InChI=1S/C39H33ClF4N8O6/c1-20-32(54)30(46-19-45-20)35(56)50-13-12-38(27(41)15-50)29-31(21(2)58-38)51(16-28(53)47-26-9-8-24(14-25(26)40)39(42,43)44)36-48-33(49-52(36)34(29)55)23-6-4-22(5-7-23)10-11-37(3)17-57-18-37/h4-9,14,19,21,27,54H,12-13,15-18H2,1-3H3,(H,47,53)/t21-,27+,38-/m1/s1. The molecular formula is C39H33ClF4N8O6. The van der Waals surface area contributed by atoms with Crippen LogP contribution in [-0.2, 0) is 32.6 Å². The second-order valence-electron chi connectivity index (χ2n) is 14.7. The maximum Gasteiger partial charge on any atom is 0.416 e. The lowest BCUT2D eigenvalue weighted by Crippen LogP contribution is -2.55. The molecule has 2 N–H and O–H groups in total. The van der Waals surface area contributed by atoms with Crippen LogP contribution in [0.4, 0.5) is 23.2 Å². The van der Waals surface area contributed by atoms with Crippen molar-refractivity contribution >= 4 is 34.9 Å². The summed E-state index contributed by atoms with van der Waals surface area (Å²) in [6.45, 7) is 4.92. The number of aryl methyl sites for hydroxylation is 1. The van der Waals surface area contributed by atoms with E-state index >= 15 is 4.39 Å². The van der Waals surface area contributed by atoms with Crippen LogP contribution in [0.25, 0.3) is 17.2 Å². The minimum atomic E-state index is -4.67. The minimum absolute atomic E-state index is 0.0966. The third-order valence-electron chi connectivity index (χ3n) is 10.5. The van der Waals surface area contributed by atoms with Crippen molar-refractivity contribution in [3.63, 3.8) is 0 Å². The van der Waals surface area contributed by atoms with Crippen LogP contribution in [0.2, 0.25) is 5.02 Å². The van der Waals surface area contributed by atoms with Crippen molar-refractivity contribution in [3.05, 3.63) is 97.9 Å². The van der Waals surface area contributed by atoms with Gasteiger partial charge in [-0.25, -0.2) is 14.4 Å². The Hall–Kier alpha value is -5.90. The van der Waals surface area contributed by atoms with Crippen LogP contribution in [0.5, 0.6) is 5.75 Å². The Morgan fingerprint density at radius 2 is 1.88 bits per heavy atom. The van der Waals surface area contributed by atoms with Crippen molar-refractivity contribution in [2.45, 2.75) is 57.8 Å². The molecule has 6 heterocycles. The molecule has 2 aromatic carbocycles. The highest BCUT2D eigenvalue weighted by atomic mass is 35.5. The van der Waals surface area contributed by atoms with Gasteiger partial charge in [-0.1, -0.05) is 23.4 Å². The molecule has 0 aliphatic carbocycles. The highest BCUT2D eigenvalue weighted by Gasteiger charge is 2.56. The Morgan fingerprint density at radius 3 is 2.53 bits per heavy atom. The summed E-state index contributed by atoms with van der Waals surface area (Å²) in [6, 6.07) is 9.43. The minimum Gasteiger partial charge on any atom is -0.504 e. The number of benzene rings is 2. The van der Waals surface area contributed by atoms with Gasteiger partial charge in [0.1, 0.15) is 18.5 Å². The topological polar surface area (TPSA) is 166 Å². The second kappa shape index (κ2) is 14.2. The lowest BCUT2D eigenvalue weighted by atomic mass is 9.83. The number of carbonyl (C=O) groups excluding carboxylic acids is 2. The molecule has 300 valence electrons. The number of amides is 2. The van der Waals surface area contributed by atoms with Crippen molar-refractivity contribution in [2.24, 2.45) is 5.41 Å². The molecule has 0 bridgehead atoms. The second-order valence-corrected chi connectivity index (χ2v) is 15.1. The fraction of sp³-hybridized carbons (Fsp3) is 0.359. The summed E-state index contributed by atoms with van der Waals surface area (Å²) in [4.78, 5) is 55.2. The fourth-order valence-corrected chi connectivity index (χ4v) is 7.62. The average Bonchev–Trinajstić information content (AvgIpc) is 3.75. The largest absolute Gasteiger partial charge is 0.504 e. The Morgan fingerprint density at radius 1 is 1.14 bits per heavy atom. The van der Waals surface area contributed by atoms with E-state index in [-0.39, 0.29) is 63.3 Å². The number of aromatic hydroxyl groups is 1. The van der Waals surface area contributed by atoms with E-state index in [4.69, 9.17) is 21.1 Å². The van der Waals surface area contributed by atoms with Gasteiger partial charge in [0.05, 0.1) is 64.5 Å². The maximum absolute atomic E-state index is 16.8. The summed E-state index contributed by atoms with van der Waals surface area (Å²) in [7, 11) is 0. The first kappa shape index (κ1) is 38.9. The summed E-state index contributed by atoms with van der Waals surface area (Å²) in [5.74, 6) is 4.38. The number of anilines is 1. The van der Waals surface area contributed by atoms with Crippen molar-refractivity contribution in [3.8, 4) is 29.0 Å². The van der Waals surface area contributed by atoms with Crippen LogP contribution in [0.3, 0.4) is 0 Å². The van der Waals surface area contributed by atoms with Crippen LogP contribution in [0, 0.1) is 24.2 Å². The Labute approximate surface area is 331 Å². The van der Waals surface area contributed by atoms with Gasteiger partial charge in [0.15, 0.2) is 23.4 Å². The van der Waals surface area contributed by atoms with E-state index in [1.165, 1.54) is 11.5 Å². The summed E-state index contributed by atoms with van der Waals surface area (Å²) in [5.41, 5.74) is -2.96. The van der Waals surface area contributed by atoms with E-state index in [0.29, 0.717) is 24.8 Å². The third kappa shape index (κ3) is 6.72. The van der Waals surface area contributed by atoms with Gasteiger partial charge in [-0.15, -0.1) is 5.10 Å². The number of piperidine rings is 1. The number of halogens is 5. The molecule has 5 aromatic rings. The van der Waals surface area contributed by atoms with E-state index in [1.54, 1.807) is 31.2 Å². The average molecular weight is 821 g/mol. The van der Waals surface area contributed by atoms with Gasteiger partial charge in [-0.3, -0.25) is 14.4 Å². The molecule has 2 saturated heterocycles. The van der Waals surface area contributed by atoms with E-state index in [9.17, 15) is 32.7 Å². The van der Waals surface area contributed by atoms with Gasteiger partial charge < -0.3 is 29.4 Å². The Balaban J connectivity index is 1.18. The SMILES string of the molecule is Cc1ncnc(C(=O)N2CC[C@@]3(O[C@H](C)c4c3c(=O)n3nc(-c5ccc(C#CC6(C)COC6)cc5)nc3n4CC(=O)Nc3ccc(C(F)(F)F)cc3Cl)[C@@H](F)C2)c1O. The van der Waals surface area contributed by atoms with Gasteiger partial charge in [-0.2, -0.15) is 22.7 Å². The lowest BCUT2D eigenvalue weighted by Gasteiger charge is -2.41. The molecule has 2 amide bonds. The predicted molar refractivity (Wildman–Crippen MR) is 199 cm³/mol. The molecule has 3 aliphatic rings. The molecule has 1 spiro atoms. The van der Waals surface area contributed by atoms with Gasteiger partial charge in [0.25, 0.3) is 11.5 Å². The summed E-state index contributed by atoms with van der Waals surface area (Å²) >= 11 is 6.14. The zero-order chi connectivity index (χ0) is 41.3. The number of carbonyl (C=O) groups is 2. The number of likely N-dealkylation sites (tertiary alicyclic amines) is 1. The van der Waals surface area contributed by atoms with Crippen LogP contribution < -0.4 is 10.9 Å². The van der Waals surface area contributed by atoms with Gasteiger partial charge in [0.2, 0.25) is 11.7 Å². The molecule has 0 unspecified atom stereocenters. The highest BCUT2D eigenvalue weighted by molar-refractivity contribution is 6.33. The number of fused-ring (bicyclic) bond motifs is 3. The number of nitrogens with zero attached hydrogens (tertiary/aromatic N) is 7. The Kier molecular flexibility index (Phi) is 9.52. The van der Waals surface area contributed by atoms with Crippen molar-refractivity contribution in [1.82, 2.24) is 34.0 Å². The van der Waals surface area contributed by atoms with Crippen molar-refractivity contribution < 1.29 is 41.7 Å². The van der Waals surface area contributed by atoms with Crippen molar-refractivity contribution in [1.29, 1.82) is 0 Å². The maximum atomic E-state index is 16.8. The predicted octanol–water partition coefficient (Wildman–Crippen LogP) is 5.23. The number of alkyl halides is 4. The highest BCUT2D eigenvalue weighted by Crippen LogP contribution is 2.49. The molecule has 8 rings (SSSR count). The van der Waals surface area contributed by atoms with E-state index in [1.807, 2.05) is 6.92 Å². The van der Waals surface area contributed by atoms with Crippen LogP contribution >= 0.6 is 11.6 Å². The fourth-order valence-electron chi connectivity index (χ4n) is 7.40. The number of rotatable bonds is 5. The van der Waals surface area contributed by atoms with E-state index in [0.717, 1.165) is 33.4 Å². The first-order chi connectivity index (χ1) is 27.5. The van der Waals surface area contributed by atoms with Gasteiger partial charge in [0, 0.05) is 24.1 Å². The summed E-state index contributed by atoms with van der Waals surface area (Å²) < 4.78 is 70.6. The molecule has 3 aromatic heterocycles. The summed E-state index contributed by atoms with van der Waals surface area (Å²) in [6.07, 6.45) is -6.74. The van der Waals surface area contributed by atoms with Gasteiger partial charge in [-0.05, 0) is 63.2 Å². The monoisotopic (exact) mass is 820 g/mol. The van der Waals surface area contributed by atoms with Crippen LogP contribution in [0.1, 0.15) is 64.9 Å². The number of hydrogen-bond acceptors (Lipinski definition) is 10. The molecule has 0 saturated carbocycles. The molecule has 3 atom stereocenters. The first-order valence-electron chi connectivity index (χ1n) is 18.0. The van der Waals surface area contributed by atoms with Crippen molar-refractivity contribution in [2.75, 3.05) is 31.6 Å².